The summed E-state index contributed by atoms with van der Waals surface area (Å²) in [6.07, 6.45) is 7.81. The van der Waals surface area contributed by atoms with Crippen molar-refractivity contribution in [3.63, 3.8) is 0 Å². The van der Waals surface area contributed by atoms with E-state index in [1.807, 2.05) is 19.4 Å². The zero-order chi connectivity index (χ0) is 13.2. The number of nitrogens with zero attached hydrogens (tertiary/aromatic N) is 2. The third kappa shape index (κ3) is 6.56. The van der Waals surface area contributed by atoms with E-state index in [-0.39, 0.29) is 6.04 Å². The highest BCUT2D eigenvalue weighted by Crippen LogP contribution is 1.94. The van der Waals surface area contributed by atoms with E-state index >= 15 is 0 Å². The average molecular weight is 270 g/mol. The van der Waals surface area contributed by atoms with Gasteiger partial charge in [-0.2, -0.15) is 0 Å². The molecule has 0 aliphatic rings. The van der Waals surface area contributed by atoms with E-state index in [9.17, 15) is 0 Å². The number of hydrogen-bond acceptors (Lipinski definition) is 3. The molecule has 0 amide bonds. The van der Waals surface area contributed by atoms with E-state index in [0.717, 1.165) is 25.9 Å². The first-order valence-corrected chi connectivity index (χ1v) is 6.62. The second-order valence-electron chi connectivity index (χ2n) is 4.26. The van der Waals surface area contributed by atoms with Gasteiger partial charge < -0.3 is 19.9 Å². The highest BCUT2D eigenvalue weighted by atomic mass is 32.1. The number of imidazole rings is 1. The van der Waals surface area contributed by atoms with Crippen LogP contribution in [0.15, 0.2) is 18.7 Å². The third-order valence-electron chi connectivity index (χ3n) is 2.48. The number of nitrogens with one attached hydrogen (secondary N) is 2. The van der Waals surface area contributed by atoms with Crippen molar-refractivity contribution < 1.29 is 4.74 Å². The fourth-order valence-electron chi connectivity index (χ4n) is 1.61. The van der Waals surface area contributed by atoms with Crippen LogP contribution in [0.3, 0.4) is 0 Å². The first-order chi connectivity index (χ1) is 8.72. The summed E-state index contributed by atoms with van der Waals surface area (Å²) in [5, 5.41) is 7.05. The van der Waals surface area contributed by atoms with Crippen molar-refractivity contribution in [2.75, 3.05) is 20.3 Å². The predicted octanol–water partition coefficient (Wildman–Crippen LogP) is 1.16. The standard InChI is InChI=1S/C12H22N4OS/c1-11(9-17-2)15-12(18)14-5-3-4-7-16-8-6-13-10-16/h6,8,10-11H,3-5,7,9H2,1-2H3,(H2,14,15,18). The molecule has 0 radical (unpaired) electrons. The lowest BCUT2D eigenvalue weighted by molar-refractivity contribution is 0.179. The fourth-order valence-corrected chi connectivity index (χ4v) is 1.91. The Bertz CT molecular complexity index is 329. The van der Waals surface area contributed by atoms with Crippen molar-refractivity contribution in [3.8, 4) is 0 Å². The van der Waals surface area contributed by atoms with Crippen LogP contribution in [0.1, 0.15) is 19.8 Å². The lowest BCUT2D eigenvalue weighted by Gasteiger charge is -2.16. The lowest BCUT2D eigenvalue weighted by atomic mass is 10.3. The van der Waals surface area contributed by atoms with Gasteiger partial charge in [-0.3, -0.25) is 0 Å². The van der Waals surface area contributed by atoms with Gasteiger partial charge in [-0.15, -0.1) is 0 Å². The van der Waals surface area contributed by atoms with Crippen LogP contribution in [0.2, 0.25) is 0 Å². The van der Waals surface area contributed by atoms with E-state index < -0.39 is 0 Å². The molecule has 0 spiro atoms. The lowest BCUT2D eigenvalue weighted by Crippen LogP contribution is -2.42. The monoisotopic (exact) mass is 270 g/mol. The fraction of sp³-hybridized carbons (Fsp3) is 0.667. The number of aryl methyl sites for hydroxylation is 1. The smallest absolute Gasteiger partial charge is 0.166 e. The average Bonchev–Trinajstić information content (AvgIpc) is 2.81. The number of rotatable bonds is 8. The summed E-state index contributed by atoms with van der Waals surface area (Å²) in [6.45, 7) is 4.58. The molecule has 6 heteroatoms. The predicted molar refractivity (Wildman–Crippen MR) is 76.5 cm³/mol. The molecule has 5 nitrogen and oxygen atoms in total. The largest absolute Gasteiger partial charge is 0.383 e. The number of unbranched alkanes of at least 4 members (excludes halogenated alkanes) is 1. The second kappa shape index (κ2) is 8.88. The molecule has 2 N–H and O–H groups in total. The maximum atomic E-state index is 5.18. The van der Waals surface area contributed by atoms with Gasteiger partial charge in [0.1, 0.15) is 0 Å². The molecule has 0 aliphatic carbocycles. The molecule has 0 fully saturated rings. The number of thiocarbonyl (C=S) groups is 1. The van der Waals surface area contributed by atoms with E-state index in [2.05, 4.69) is 20.2 Å². The minimum atomic E-state index is 0.237. The van der Waals surface area contributed by atoms with Crippen LogP contribution in [-0.4, -0.2) is 41.0 Å². The third-order valence-corrected chi connectivity index (χ3v) is 2.74. The molecule has 0 saturated heterocycles. The van der Waals surface area contributed by atoms with Gasteiger partial charge in [-0.25, -0.2) is 4.98 Å². The topological polar surface area (TPSA) is 51.1 Å². The molecule has 1 aromatic rings. The number of ether oxygens (including phenoxy) is 1. The maximum absolute atomic E-state index is 5.18. The van der Waals surface area contributed by atoms with Gasteiger partial charge in [0.2, 0.25) is 0 Å². The maximum Gasteiger partial charge on any atom is 0.166 e. The number of aromatic nitrogens is 2. The molecule has 0 saturated carbocycles. The number of hydrogen-bond donors (Lipinski definition) is 2. The molecule has 1 rings (SSSR count). The molecule has 0 bridgehead atoms. The summed E-state index contributed by atoms with van der Waals surface area (Å²) in [4.78, 5) is 4.00. The molecular formula is C12H22N4OS. The van der Waals surface area contributed by atoms with Crippen LogP contribution in [0.25, 0.3) is 0 Å². The van der Waals surface area contributed by atoms with E-state index in [1.165, 1.54) is 0 Å². The second-order valence-corrected chi connectivity index (χ2v) is 4.67. The van der Waals surface area contributed by atoms with E-state index in [1.54, 1.807) is 13.3 Å². The Morgan fingerprint density at radius 2 is 2.33 bits per heavy atom. The SMILES string of the molecule is COCC(C)NC(=S)NCCCCn1ccnc1. The highest BCUT2D eigenvalue weighted by molar-refractivity contribution is 7.80. The summed E-state index contributed by atoms with van der Waals surface area (Å²) in [7, 11) is 1.69. The molecule has 0 aliphatic heterocycles. The minimum absolute atomic E-state index is 0.237. The molecular weight excluding hydrogens is 248 g/mol. The molecule has 1 unspecified atom stereocenters. The van der Waals surface area contributed by atoms with Crippen molar-refractivity contribution in [3.05, 3.63) is 18.7 Å². The Hall–Kier alpha value is -1.14. The van der Waals surface area contributed by atoms with Crippen LogP contribution in [0, 0.1) is 0 Å². The Morgan fingerprint density at radius 1 is 1.50 bits per heavy atom. The Morgan fingerprint density at radius 3 is 3.00 bits per heavy atom. The number of methoxy groups -OCH3 is 1. The molecule has 102 valence electrons. The molecule has 1 heterocycles. The van der Waals surface area contributed by atoms with Crippen molar-refractivity contribution in [1.29, 1.82) is 0 Å². The van der Waals surface area contributed by atoms with Gasteiger partial charge in [0.05, 0.1) is 12.9 Å². The zero-order valence-electron chi connectivity index (χ0n) is 11.1. The van der Waals surface area contributed by atoms with E-state index in [0.29, 0.717) is 11.7 Å². The molecule has 1 atom stereocenters. The minimum Gasteiger partial charge on any atom is -0.383 e. The Labute approximate surface area is 114 Å². The van der Waals surface area contributed by atoms with Crippen LogP contribution >= 0.6 is 12.2 Å². The quantitative estimate of drug-likeness (QED) is 0.548. The van der Waals surface area contributed by atoms with Crippen molar-refractivity contribution in [2.45, 2.75) is 32.4 Å². The molecule has 1 aromatic heterocycles. The summed E-state index contributed by atoms with van der Waals surface area (Å²) in [6, 6.07) is 0.237. The zero-order valence-corrected chi connectivity index (χ0v) is 11.9. The van der Waals surface area contributed by atoms with Gasteiger partial charge in [-0.1, -0.05) is 0 Å². The van der Waals surface area contributed by atoms with Gasteiger partial charge in [0.25, 0.3) is 0 Å². The van der Waals surface area contributed by atoms with Crippen molar-refractivity contribution >= 4 is 17.3 Å². The summed E-state index contributed by atoms with van der Waals surface area (Å²) >= 11 is 5.18. The van der Waals surface area contributed by atoms with Gasteiger partial charge in [-0.05, 0) is 32.0 Å². The van der Waals surface area contributed by atoms with Gasteiger partial charge in [0.15, 0.2) is 5.11 Å². The van der Waals surface area contributed by atoms with Gasteiger partial charge in [0, 0.05) is 38.6 Å². The normalized spacial score (nSPS) is 12.1. The first kappa shape index (κ1) is 14.9. The summed E-state index contributed by atoms with van der Waals surface area (Å²) in [5.74, 6) is 0. The van der Waals surface area contributed by atoms with Crippen LogP contribution < -0.4 is 10.6 Å². The van der Waals surface area contributed by atoms with E-state index in [4.69, 9.17) is 17.0 Å². The molecule has 18 heavy (non-hydrogen) atoms. The summed E-state index contributed by atoms with van der Waals surface area (Å²) in [5.41, 5.74) is 0. The van der Waals surface area contributed by atoms with Crippen LogP contribution in [0.5, 0.6) is 0 Å². The van der Waals surface area contributed by atoms with Crippen molar-refractivity contribution in [1.82, 2.24) is 20.2 Å². The summed E-state index contributed by atoms with van der Waals surface area (Å²) < 4.78 is 7.11. The first-order valence-electron chi connectivity index (χ1n) is 6.21. The highest BCUT2D eigenvalue weighted by Gasteiger charge is 2.02. The van der Waals surface area contributed by atoms with Crippen molar-refractivity contribution in [2.24, 2.45) is 0 Å². The Balaban J connectivity index is 1.98. The van der Waals surface area contributed by atoms with Gasteiger partial charge >= 0.3 is 0 Å². The van der Waals surface area contributed by atoms with Crippen LogP contribution in [0.4, 0.5) is 0 Å². The Kier molecular flexibility index (Phi) is 7.36. The molecule has 0 aromatic carbocycles. The van der Waals surface area contributed by atoms with Crippen LogP contribution in [-0.2, 0) is 11.3 Å².